The Morgan fingerprint density at radius 3 is 2.69 bits per heavy atom. The number of carbonyl (C=O) groups is 2. The van der Waals surface area contributed by atoms with E-state index >= 15 is 0 Å². The van der Waals surface area contributed by atoms with Gasteiger partial charge in [-0.3, -0.25) is 4.79 Å². The fourth-order valence-electron chi connectivity index (χ4n) is 2.93. The summed E-state index contributed by atoms with van der Waals surface area (Å²) in [6.45, 7) is 0.539. The summed E-state index contributed by atoms with van der Waals surface area (Å²) in [4.78, 5) is 26.3. The molecule has 1 aliphatic rings. The number of nitrogens with zero attached hydrogens (tertiary/aromatic N) is 1. The zero-order valence-corrected chi connectivity index (χ0v) is 14.7. The minimum atomic E-state index is -0.489. The first kappa shape index (κ1) is 17.6. The number of hydrogen-bond acceptors (Lipinski definition) is 4. The van der Waals surface area contributed by atoms with Crippen LogP contribution in [0.4, 0.5) is 16.2 Å². The van der Waals surface area contributed by atoms with Gasteiger partial charge in [-0.25, -0.2) is 4.79 Å². The number of benzene rings is 2. The summed E-state index contributed by atoms with van der Waals surface area (Å²) in [7, 11) is 3.05. The molecule has 0 aliphatic carbocycles. The van der Waals surface area contributed by atoms with Crippen LogP contribution < -0.4 is 25.0 Å². The molecule has 26 heavy (non-hydrogen) atoms. The van der Waals surface area contributed by atoms with Crippen molar-refractivity contribution in [3.63, 3.8) is 0 Å². The SMILES string of the molecule is COc1ccc(OC)c(NC(=O)NCC(=O)N2CCc3ccccc32)c1. The first-order chi connectivity index (χ1) is 12.6. The molecule has 0 bridgehead atoms. The van der Waals surface area contributed by atoms with Crippen molar-refractivity contribution in [3.8, 4) is 11.5 Å². The van der Waals surface area contributed by atoms with Gasteiger partial charge in [-0.05, 0) is 30.2 Å². The lowest BCUT2D eigenvalue weighted by molar-refractivity contribution is -0.117. The van der Waals surface area contributed by atoms with E-state index in [0.717, 1.165) is 17.7 Å². The van der Waals surface area contributed by atoms with E-state index in [1.807, 2.05) is 24.3 Å². The third-order valence-corrected chi connectivity index (χ3v) is 4.24. The van der Waals surface area contributed by atoms with Crippen molar-refractivity contribution in [1.82, 2.24) is 5.32 Å². The monoisotopic (exact) mass is 355 g/mol. The average molecular weight is 355 g/mol. The topological polar surface area (TPSA) is 79.9 Å². The molecule has 136 valence electrons. The number of carbonyl (C=O) groups excluding carboxylic acids is 2. The number of anilines is 2. The maximum atomic E-state index is 12.4. The van der Waals surface area contributed by atoms with Crippen molar-refractivity contribution in [2.75, 3.05) is 37.5 Å². The van der Waals surface area contributed by atoms with E-state index in [2.05, 4.69) is 10.6 Å². The number of nitrogens with one attached hydrogen (secondary N) is 2. The maximum Gasteiger partial charge on any atom is 0.319 e. The van der Waals surface area contributed by atoms with Gasteiger partial charge in [-0.1, -0.05) is 18.2 Å². The van der Waals surface area contributed by atoms with Gasteiger partial charge in [0.25, 0.3) is 0 Å². The molecule has 0 radical (unpaired) electrons. The molecule has 0 unspecified atom stereocenters. The van der Waals surface area contributed by atoms with Gasteiger partial charge < -0.3 is 25.0 Å². The van der Waals surface area contributed by atoms with Crippen LogP contribution in [0.3, 0.4) is 0 Å². The summed E-state index contributed by atoms with van der Waals surface area (Å²) in [6.07, 6.45) is 0.828. The molecule has 7 nitrogen and oxygen atoms in total. The Morgan fingerprint density at radius 1 is 1.12 bits per heavy atom. The average Bonchev–Trinajstić information content (AvgIpc) is 3.10. The summed E-state index contributed by atoms with van der Waals surface area (Å²) >= 11 is 0. The van der Waals surface area contributed by atoms with Crippen LogP contribution in [0.1, 0.15) is 5.56 Å². The second-order valence-electron chi connectivity index (χ2n) is 5.80. The number of methoxy groups -OCH3 is 2. The predicted molar refractivity (Wildman–Crippen MR) is 99.1 cm³/mol. The quantitative estimate of drug-likeness (QED) is 0.863. The number of ether oxygens (including phenoxy) is 2. The van der Waals surface area contributed by atoms with Gasteiger partial charge in [0.1, 0.15) is 11.5 Å². The number of para-hydroxylation sites is 1. The van der Waals surface area contributed by atoms with Gasteiger partial charge in [0.05, 0.1) is 26.5 Å². The van der Waals surface area contributed by atoms with Crippen LogP contribution >= 0.6 is 0 Å². The van der Waals surface area contributed by atoms with Gasteiger partial charge in [-0.2, -0.15) is 0 Å². The van der Waals surface area contributed by atoms with Crippen molar-refractivity contribution in [3.05, 3.63) is 48.0 Å². The zero-order chi connectivity index (χ0) is 18.5. The number of rotatable bonds is 5. The van der Waals surface area contributed by atoms with E-state index in [0.29, 0.717) is 23.7 Å². The highest BCUT2D eigenvalue weighted by Crippen LogP contribution is 2.29. The summed E-state index contributed by atoms with van der Waals surface area (Å²) in [6, 6.07) is 12.4. The number of hydrogen-bond donors (Lipinski definition) is 2. The molecule has 0 fully saturated rings. The minimum absolute atomic E-state index is 0.0908. The molecular weight excluding hydrogens is 334 g/mol. The van der Waals surface area contributed by atoms with Crippen LogP contribution in [0.2, 0.25) is 0 Å². The van der Waals surface area contributed by atoms with E-state index in [1.165, 1.54) is 14.2 Å². The molecule has 1 aliphatic heterocycles. The normalized spacial score (nSPS) is 12.3. The van der Waals surface area contributed by atoms with Crippen LogP contribution in [0.15, 0.2) is 42.5 Å². The third kappa shape index (κ3) is 3.72. The van der Waals surface area contributed by atoms with Gasteiger partial charge in [-0.15, -0.1) is 0 Å². The van der Waals surface area contributed by atoms with Gasteiger partial charge in [0, 0.05) is 18.3 Å². The second-order valence-corrected chi connectivity index (χ2v) is 5.80. The van der Waals surface area contributed by atoms with Crippen LogP contribution in [0, 0.1) is 0 Å². The molecule has 3 amide bonds. The van der Waals surface area contributed by atoms with E-state index in [9.17, 15) is 9.59 Å². The van der Waals surface area contributed by atoms with E-state index < -0.39 is 6.03 Å². The van der Waals surface area contributed by atoms with Crippen LogP contribution in [0.25, 0.3) is 0 Å². The smallest absolute Gasteiger partial charge is 0.319 e. The second kappa shape index (κ2) is 7.77. The number of urea groups is 1. The largest absolute Gasteiger partial charge is 0.497 e. The summed E-state index contributed by atoms with van der Waals surface area (Å²) in [5, 5.41) is 5.27. The molecule has 1 heterocycles. The summed E-state index contributed by atoms with van der Waals surface area (Å²) in [5.74, 6) is 0.939. The predicted octanol–water partition coefficient (Wildman–Crippen LogP) is 2.41. The number of fused-ring (bicyclic) bond motifs is 1. The van der Waals surface area contributed by atoms with Crippen LogP contribution in [-0.2, 0) is 11.2 Å². The van der Waals surface area contributed by atoms with Crippen LogP contribution in [0.5, 0.6) is 11.5 Å². The molecular formula is C19H21N3O4. The van der Waals surface area contributed by atoms with E-state index in [4.69, 9.17) is 9.47 Å². The Morgan fingerprint density at radius 2 is 1.92 bits per heavy atom. The highest BCUT2D eigenvalue weighted by Gasteiger charge is 2.24. The molecule has 0 saturated heterocycles. The molecule has 7 heteroatoms. The Balaban J connectivity index is 1.59. The molecule has 0 aromatic heterocycles. The molecule has 2 aromatic carbocycles. The Labute approximate surface area is 151 Å². The fraction of sp³-hybridized carbons (Fsp3) is 0.263. The van der Waals surface area contributed by atoms with Crippen LogP contribution in [-0.4, -0.2) is 39.2 Å². The Bertz CT molecular complexity index is 822. The lowest BCUT2D eigenvalue weighted by Crippen LogP contribution is -2.41. The van der Waals surface area contributed by atoms with E-state index in [-0.39, 0.29) is 12.5 Å². The molecule has 2 aromatic rings. The maximum absolute atomic E-state index is 12.4. The first-order valence-corrected chi connectivity index (χ1v) is 8.27. The highest BCUT2D eigenvalue weighted by molar-refractivity contribution is 6.00. The fourth-order valence-corrected chi connectivity index (χ4v) is 2.93. The lowest BCUT2D eigenvalue weighted by Gasteiger charge is -2.18. The molecule has 0 saturated carbocycles. The molecule has 0 spiro atoms. The summed E-state index contributed by atoms with van der Waals surface area (Å²) in [5.41, 5.74) is 2.52. The Hall–Kier alpha value is -3.22. The molecule has 3 rings (SSSR count). The van der Waals surface area contributed by atoms with Crippen molar-refractivity contribution in [2.45, 2.75) is 6.42 Å². The van der Waals surface area contributed by atoms with Gasteiger partial charge in [0.2, 0.25) is 5.91 Å². The van der Waals surface area contributed by atoms with Gasteiger partial charge in [0.15, 0.2) is 0 Å². The van der Waals surface area contributed by atoms with Crippen molar-refractivity contribution in [2.24, 2.45) is 0 Å². The number of amides is 3. The Kier molecular flexibility index (Phi) is 5.26. The first-order valence-electron chi connectivity index (χ1n) is 8.27. The van der Waals surface area contributed by atoms with E-state index in [1.54, 1.807) is 23.1 Å². The van der Waals surface area contributed by atoms with Crippen molar-refractivity contribution in [1.29, 1.82) is 0 Å². The molecule has 2 N–H and O–H groups in total. The van der Waals surface area contributed by atoms with Crippen molar-refractivity contribution >= 4 is 23.3 Å². The summed E-state index contributed by atoms with van der Waals surface area (Å²) < 4.78 is 10.4. The standard InChI is InChI=1S/C19H21N3O4/c1-25-14-7-8-17(26-2)15(11-14)21-19(24)20-12-18(23)22-10-9-13-5-3-4-6-16(13)22/h3-8,11H,9-10,12H2,1-2H3,(H2,20,21,24). The minimum Gasteiger partial charge on any atom is -0.497 e. The zero-order valence-electron chi connectivity index (χ0n) is 14.7. The molecule has 0 atom stereocenters. The lowest BCUT2D eigenvalue weighted by atomic mass is 10.2. The van der Waals surface area contributed by atoms with Crippen molar-refractivity contribution < 1.29 is 19.1 Å². The van der Waals surface area contributed by atoms with Gasteiger partial charge >= 0.3 is 6.03 Å². The highest BCUT2D eigenvalue weighted by atomic mass is 16.5. The third-order valence-electron chi connectivity index (χ3n) is 4.24.